The number of urea groups is 1. The number of nitrogens with zero attached hydrogens (tertiary/aromatic N) is 5. The van der Waals surface area contributed by atoms with E-state index in [1.807, 2.05) is 0 Å². The van der Waals surface area contributed by atoms with Gasteiger partial charge in [-0.2, -0.15) is 0 Å². The summed E-state index contributed by atoms with van der Waals surface area (Å²) in [6.07, 6.45) is 3.65. The van der Waals surface area contributed by atoms with Gasteiger partial charge in [-0.3, -0.25) is 29.0 Å². The summed E-state index contributed by atoms with van der Waals surface area (Å²) in [5.41, 5.74) is 2.55. The summed E-state index contributed by atoms with van der Waals surface area (Å²) in [5.74, 6) is -2.13. The molecule has 13 nitrogen and oxygen atoms in total. The van der Waals surface area contributed by atoms with Gasteiger partial charge in [-0.15, -0.1) is 0 Å². The van der Waals surface area contributed by atoms with Crippen molar-refractivity contribution in [1.82, 2.24) is 25.3 Å². The van der Waals surface area contributed by atoms with E-state index in [9.17, 15) is 37.1 Å². The second-order valence-electron chi connectivity index (χ2n) is 15.2. The van der Waals surface area contributed by atoms with Crippen LogP contribution in [0.25, 0.3) is 0 Å². The van der Waals surface area contributed by atoms with Gasteiger partial charge in [0.05, 0.1) is 34.7 Å². The first-order chi connectivity index (χ1) is 28.4. The molecule has 4 aliphatic rings. The molecule has 312 valence electrons. The van der Waals surface area contributed by atoms with E-state index in [-0.39, 0.29) is 47.6 Å². The van der Waals surface area contributed by atoms with Crippen LogP contribution in [-0.4, -0.2) is 108 Å². The Morgan fingerprint density at radius 1 is 0.898 bits per heavy atom. The number of hydrogen-bond acceptors (Lipinski definition) is 9. The predicted molar refractivity (Wildman–Crippen MR) is 218 cm³/mol. The average molecular weight is 835 g/mol. The lowest BCUT2D eigenvalue weighted by Crippen LogP contribution is -2.54. The molecule has 2 unspecified atom stereocenters. The number of fused-ring (bicyclic) bond motifs is 3. The highest BCUT2D eigenvalue weighted by molar-refractivity contribution is 6.31. The van der Waals surface area contributed by atoms with Crippen molar-refractivity contribution in [1.29, 1.82) is 0 Å². The highest BCUT2D eigenvalue weighted by Gasteiger charge is 2.47. The van der Waals surface area contributed by atoms with Gasteiger partial charge in [-0.25, -0.2) is 23.0 Å². The van der Waals surface area contributed by atoms with Crippen molar-refractivity contribution in [2.75, 3.05) is 50.0 Å². The Kier molecular flexibility index (Phi) is 12.7. The maximum Gasteiger partial charge on any atom is 0.317 e. The van der Waals surface area contributed by atoms with Crippen molar-refractivity contribution in [3.05, 3.63) is 82.1 Å². The number of imide groups is 2. The van der Waals surface area contributed by atoms with Crippen LogP contribution in [0.5, 0.6) is 0 Å². The molecule has 2 atom stereocenters. The number of unbranched alkanes of at least 4 members (excludes halogenated alkanes) is 5. The van der Waals surface area contributed by atoms with E-state index >= 15 is 0 Å². The highest BCUT2D eigenvalue weighted by atomic mass is 35.5. The number of amides is 6. The lowest BCUT2D eigenvalue weighted by Gasteiger charge is -2.32. The minimum atomic E-state index is -2.66. The molecule has 0 aromatic heterocycles. The van der Waals surface area contributed by atoms with Crippen molar-refractivity contribution in [3.63, 3.8) is 0 Å². The van der Waals surface area contributed by atoms with E-state index < -0.39 is 42.6 Å². The first-order valence-electron chi connectivity index (χ1n) is 20.0. The molecule has 3 N–H and O–H groups in total. The van der Waals surface area contributed by atoms with Gasteiger partial charge in [0.15, 0.2) is 0 Å². The number of piperidine rings is 1. The molecule has 2 fully saturated rings. The molecule has 2 saturated heterocycles. The molecule has 6 amide bonds. The van der Waals surface area contributed by atoms with Crippen LogP contribution < -0.4 is 20.9 Å². The fraction of sp³-hybridized carbons (Fsp3) is 0.429. The van der Waals surface area contributed by atoms with Crippen LogP contribution in [0.2, 0.25) is 5.02 Å². The molecule has 0 aliphatic carbocycles. The number of amidine groups is 1. The average Bonchev–Trinajstić information content (AvgIpc) is 3.75. The predicted octanol–water partition coefficient (Wildman–Crippen LogP) is 6.84. The first-order valence-corrected chi connectivity index (χ1v) is 20.4. The van der Waals surface area contributed by atoms with Crippen LogP contribution in [0.15, 0.2) is 59.6 Å². The Morgan fingerprint density at radius 2 is 1.64 bits per heavy atom. The van der Waals surface area contributed by atoms with E-state index in [1.54, 1.807) is 41.3 Å². The summed E-state index contributed by atoms with van der Waals surface area (Å²) in [6.45, 7) is 1.39. The Bertz CT molecular complexity index is 2170. The van der Waals surface area contributed by atoms with Crippen molar-refractivity contribution in [2.45, 2.75) is 76.3 Å². The summed E-state index contributed by atoms with van der Waals surface area (Å²) < 4.78 is 41.8. The minimum absolute atomic E-state index is 0.0854. The Hall–Kier alpha value is -5.64. The molecule has 7 rings (SSSR count). The summed E-state index contributed by atoms with van der Waals surface area (Å²) in [6, 6.07) is 12.4. The zero-order chi connectivity index (χ0) is 41.8. The number of carbonyl (C=O) groups excluding carboxylic acids is 5. The van der Waals surface area contributed by atoms with E-state index in [4.69, 9.17) is 11.6 Å². The number of halogens is 4. The number of rotatable bonds is 14. The molecule has 0 spiro atoms. The largest absolute Gasteiger partial charge is 0.384 e. The van der Waals surface area contributed by atoms with E-state index in [0.29, 0.717) is 66.1 Å². The van der Waals surface area contributed by atoms with Crippen LogP contribution in [0, 0.1) is 5.82 Å². The summed E-state index contributed by atoms with van der Waals surface area (Å²) in [5, 5.41) is 10.1. The van der Waals surface area contributed by atoms with Gasteiger partial charge in [-0.05, 0) is 68.1 Å². The van der Waals surface area contributed by atoms with Gasteiger partial charge < -0.3 is 25.8 Å². The molecular weight excluding hydrogens is 789 g/mol. The first kappa shape index (κ1) is 41.5. The number of carbonyl (C=O) groups is 5. The second kappa shape index (κ2) is 18.1. The third-order valence-electron chi connectivity index (χ3n) is 11.2. The third kappa shape index (κ3) is 9.02. The van der Waals surface area contributed by atoms with Crippen molar-refractivity contribution in [3.8, 4) is 0 Å². The maximum absolute atomic E-state index is 14.3. The molecule has 0 bridgehead atoms. The molecule has 0 radical (unpaired) electrons. The Morgan fingerprint density at radius 3 is 2.42 bits per heavy atom. The fourth-order valence-electron chi connectivity index (χ4n) is 8.12. The van der Waals surface area contributed by atoms with Crippen molar-refractivity contribution < 1.29 is 37.1 Å². The molecule has 0 saturated carbocycles. The number of likely N-dealkylation sites (tertiary alicyclic amines) is 2. The lowest BCUT2D eigenvalue weighted by atomic mass is 10.0. The number of benzene rings is 3. The van der Waals surface area contributed by atoms with Crippen LogP contribution in [0.4, 0.5) is 40.7 Å². The fourth-order valence-corrected chi connectivity index (χ4v) is 8.29. The van der Waals surface area contributed by atoms with E-state index in [1.165, 1.54) is 30.1 Å². The second-order valence-corrected chi connectivity index (χ2v) is 15.6. The van der Waals surface area contributed by atoms with E-state index in [0.717, 1.165) is 48.3 Å². The van der Waals surface area contributed by atoms with Gasteiger partial charge in [0.2, 0.25) is 5.91 Å². The number of likely N-dealkylation sites (N-methyl/N-ethyl adjacent to an activating group) is 1. The molecule has 3 aromatic rings. The lowest BCUT2D eigenvalue weighted by molar-refractivity contribution is -0.149. The number of alkyl halides is 2. The normalized spacial score (nSPS) is 18.8. The van der Waals surface area contributed by atoms with E-state index in [2.05, 4.69) is 20.9 Å². The molecule has 59 heavy (non-hydrogen) atoms. The number of anilines is 3. The quantitative estimate of drug-likeness (QED) is 0.118. The minimum Gasteiger partial charge on any atom is -0.384 e. The third-order valence-corrected chi connectivity index (χ3v) is 11.4. The molecule has 4 aliphatic heterocycles. The molecular formula is C42H46ClF3N8O5. The molecule has 3 aromatic carbocycles. The standard InChI is InChI=1S/C42H46ClF3N8O5/c1-51-36(55)16-15-34(40(51)57)54-39(56)28-9-8-10-30(37(28)41(54)58)47-18-6-4-2-3-5-7-19-48-42(59)52-20-17-27(23-52)49-38-29-21-25(43)11-13-32(29)53(24-35(45)46)33-14-12-26(44)22-31(33)50-38/h8-14,21-22,27,34-35,47H,2-7,15-20,23-24H2,1H3,(H,48,59)(H,49,50). The summed E-state index contributed by atoms with van der Waals surface area (Å²) in [7, 11) is 1.36. The summed E-state index contributed by atoms with van der Waals surface area (Å²) in [4.78, 5) is 74.1. The van der Waals surface area contributed by atoms with Crippen molar-refractivity contribution in [2.24, 2.45) is 4.99 Å². The Balaban J connectivity index is 0.820. The number of hydrogen-bond donors (Lipinski definition) is 3. The van der Waals surface area contributed by atoms with Gasteiger partial charge in [0.25, 0.3) is 24.1 Å². The van der Waals surface area contributed by atoms with Gasteiger partial charge in [0.1, 0.15) is 17.7 Å². The van der Waals surface area contributed by atoms with Gasteiger partial charge in [0, 0.05) is 68.0 Å². The monoisotopic (exact) mass is 834 g/mol. The SMILES string of the molecule is CN1C(=O)CCC(N2C(=O)c3cccc(NCCCCCCCCNC(=O)N4CCC(NC5=Nc6cc(F)ccc6N(CC(F)F)c6ccc(Cl)cc65)C4)c3C2=O)C1=O. The van der Waals surface area contributed by atoms with Crippen LogP contribution >= 0.6 is 11.6 Å². The van der Waals surface area contributed by atoms with Crippen LogP contribution in [0.1, 0.15) is 84.1 Å². The number of aliphatic imine (C=N–C) groups is 1. The van der Waals surface area contributed by atoms with Crippen LogP contribution in [0.3, 0.4) is 0 Å². The number of nitrogens with one attached hydrogen (secondary N) is 3. The smallest absolute Gasteiger partial charge is 0.317 e. The topological polar surface area (TPSA) is 147 Å². The Labute approximate surface area is 344 Å². The highest BCUT2D eigenvalue weighted by Crippen LogP contribution is 2.41. The molecule has 4 heterocycles. The van der Waals surface area contributed by atoms with Crippen molar-refractivity contribution >= 4 is 69.8 Å². The van der Waals surface area contributed by atoms with Gasteiger partial charge in [-0.1, -0.05) is 43.4 Å². The zero-order valence-corrected chi connectivity index (χ0v) is 33.4. The zero-order valence-electron chi connectivity index (χ0n) is 32.6. The molecule has 17 heteroatoms. The summed E-state index contributed by atoms with van der Waals surface area (Å²) >= 11 is 6.34. The van der Waals surface area contributed by atoms with Crippen LogP contribution in [-0.2, 0) is 9.59 Å². The maximum atomic E-state index is 14.3. The van der Waals surface area contributed by atoms with Gasteiger partial charge >= 0.3 is 6.03 Å².